The van der Waals surface area contributed by atoms with Gasteiger partial charge in [-0.3, -0.25) is 19.0 Å². The van der Waals surface area contributed by atoms with Crippen molar-refractivity contribution in [1.29, 1.82) is 0 Å². The molecule has 0 aliphatic rings. The number of fused-ring (bicyclic) bond motifs is 1. The molecule has 34 heavy (non-hydrogen) atoms. The van der Waals surface area contributed by atoms with E-state index in [9.17, 15) is 29.1 Å². The molecule has 2 amide bonds. The van der Waals surface area contributed by atoms with E-state index < -0.39 is 47.7 Å². The Morgan fingerprint density at radius 3 is 2.26 bits per heavy atom. The van der Waals surface area contributed by atoms with Gasteiger partial charge in [0.25, 0.3) is 5.56 Å². The van der Waals surface area contributed by atoms with Crippen LogP contribution in [0.5, 0.6) is 0 Å². The van der Waals surface area contributed by atoms with E-state index in [1.807, 2.05) is 13.8 Å². The second kappa shape index (κ2) is 10.6. The first-order valence-electron chi connectivity index (χ1n) is 10.8. The molecule has 4 N–H and O–H groups in total. The minimum Gasteiger partial charge on any atom is -0.479 e. The molecule has 10 heteroatoms. The Balaban J connectivity index is 1.80. The minimum atomic E-state index is -1.30. The number of nitrogens with zero attached hydrogens (tertiary/aromatic N) is 1. The van der Waals surface area contributed by atoms with Crippen LogP contribution in [0.15, 0.2) is 64.2 Å². The van der Waals surface area contributed by atoms with E-state index in [1.165, 1.54) is 6.07 Å². The van der Waals surface area contributed by atoms with Crippen LogP contribution in [0.1, 0.15) is 31.9 Å². The fraction of sp³-hybridized carbons (Fsp3) is 0.292. The van der Waals surface area contributed by atoms with Gasteiger partial charge < -0.3 is 20.7 Å². The molecule has 3 aromatic rings. The molecule has 2 aromatic carbocycles. The maximum atomic E-state index is 12.9. The number of carbonyl (C=O) groups excluding carboxylic acids is 2. The Bertz CT molecular complexity index is 1310. The predicted octanol–water partition coefficient (Wildman–Crippen LogP) is 1.16. The third-order valence-corrected chi connectivity index (χ3v) is 5.22. The molecule has 2 atom stereocenters. The van der Waals surface area contributed by atoms with Crippen LogP contribution in [0.3, 0.4) is 0 Å². The van der Waals surface area contributed by atoms with Gasteiger partial charge in [0.2, 0.25) is 11.8 Å². The highest BCUT2D eigenvalue weighted by Crippen LogP contribution is 2.14. The van der Waals surface area contributed by atoms with Crippen molar-refractivity contribution in [2.75, 3.05) is 0 Å². The summed E-state index contributed by atoms with van der Waals surface area (Å²) in [5.74, 6) is -2.67. The summed E-state index contributed by atoms with van der Waals surface area (Å²) in [5, 5.41) is 14.8. The number of aromatic amines is 1. The van der Waals surface area contributed by atoms with Crippen LogP contribution in [0.4, 0.5) is 0 Å². The molecule has 0 radical (unpaired) electrons. The average molecular weight is 466 g/mol. The zero-order valence-corrected chi connectivity index (χ0v) is 18.8. The number of hydrogen-bond acceptors (Lipinski definition) is 5. The number of amides is 2. The lowest BCUT2D eigenvalue weighted by molar-refractivity contribution is -0.142. The lowest BCUT2D eigenvalue weighted by Crippen LogP contribution is -2.51. The standard InChI is InChI=1S/C24H26N4O6/c1-14(2)12-18(21(30)27-20(23(32)33)15-8-4-3-5-9-15)25-19(29)13-28-22(31)16-10-6-7-11-17(16)26-24(28)34/h3-11,14,18,20H,12-13H2,1-2H3,(H,25,29)(H,26,34)(H,27,30)(H,32,33)/t18-,20-/m0/s1. The maximum absolute atomic E-state index is 12.9. The molecule has 0 fully saturated rings. The molecule has 0 unspecified atom stereocenters. The topological polar surface area (TPSA) is 150 Å². The van der Waals surface area contributed by atoms with Crippen LogP contribution in [0, 0.1) is 5.92 Å². The smallest absolute Gasteiger partial charge is 0.330 e. The van der Waals surface area contributed by atoms with Crippen molar-refractivity contribution >= 4 is 28.7 Å². The fourth-order valence-electron chi connectivity index (χ4n) is 3.61. The molecule has 0 bridgehead atoms. The summed E-state index contributed by atoms with van der Waals surface area (Å²) in [6, 6.07) is 12.3. The lowest BCUT2D eigenvalue weighted by Gasteiger charge is -2.23. The van der Waals surface area contributed by atoms with Crippen LogP contribution >= 0.6 is 0 Å². The highest BCUT2D eigenvalue weighted by molar-refractivity contribution is 5.91. The number of para-hydroxylation sites is 1. The molecule has 0 aliphatic heterocycles. The Morgan fingerprint density at radius 1 is 0.971 bits per heavy atom. The maximum Gasteiger partial charge on any atom is 0.330 e. The summed E-state index contributed by atoms with van der Waals surface area (Å²) >= 11 is 0. The van der Waals surface area contributed by atoms with Gasteiger partial charge in [-0.15, -0.1) is 0 Å². The van der Waals surface area contributed by atoms with Gasteiger partial charge in [-0.25, -0.2) is 9.59 Å². The lowest BCUT2D eigenvalue weighted by atomic mass is 10.0. The molecule has 0 saturated heterocycles. The molecule has 0 aliphatic carbocycles. The summed E-state index contributed by atoms with van der Waals surface area (Å²) in [6.45, 7) is 3.09. The van der Waals surface area contributed by atoms with E-state index in [4.69, 9.17) is 0 Å². The molecule has 1 heterocycles. The summed E-state index contributed by atoms with van der Waals surface area (Å²) in [4.78, 5) is 65.0. The van der Waals surface area contributed by atoms with Crippen LogP contribution in [-0.4, -0.2) is 38.5 Å². The molecule has 1 aromatic heterocycles. The third kappa shape index (κ3) is 5.77. The average Bonchev–Trinajstić information content (AvgIpc) is 2.79. The van der Waals surface area contributed by atoms with E-state index in [0.717, 1.165) is 4.57 Å². The zero-order valence-electron chi connectivity index (χ0n) is 18.8. The second-order valence-electron chi connectivity index (χ2n) is 8.31. The summed E-state index contributed by atoms with van der Waals surface area (Å²) < 4.78 is 0.756. The van der Waals surface area contributed by atoms with E-state index in [0.29, 0.717) is 11.1 Å². The number of hydrogen-bond donors (Lipinski definition) is 4. The van der Waals surface area contributed by atoms with Crippen molar-refractivity contribution < 1.29 is 19.5 Å². The largest absolute Gasteiger partial charge is 0.479 e. The Hall–Kier alpha value is -4.21. The molecule has 178 valence electrons. The van der Waals surface area contributed by atoms with Gasteiger partial charge >= 0.3 is 11.7 Å². The number of nitrogens with one attached hydrogen (secondary N) is 3. The number of aliphatic carboxylic acids is 1. The van der Waals surface area contributed by atoms with Crippen molar-refractivity contribution in [2.45, 2.75) is 38.9 Å². The van der Waals surface area contributed by atoms with Gasteiger partial charge in [-0.05, 0) is 30.0 Å². The first-order chi connectivity index (χ1) is 16.2. The van der Waals surface area contributed by atoms with Crippen LogP contribution in [0.25, 0.3) is 10.9 Å². The normalized spacial score (nSPS) is 12.8. The number of rotatable bonds is 9. The van der Waals surface area contributed by atoms with E-state index in [1.54, 1.807) is 48.5 Å². The molecule has 3 rings (SSSR count). The molecular formula is C24H26N4O6. The van der Waals surface area contributed by atoms with Gasteiger partial charge in [0.05, 0.1) is 10.9 Å². The van der Waals surface area contributed by atoms with Gasteiger partial charge in [0, 0.05) is 0 Å². The first kappa shape index (κ1) is 24.4. The third-order valence-electron chi connectivity index (χ3n) is 5.22. The zero-order chi connectivity index (χ0) is 24.8. The van der Waals surface area contributed by atoms with Gasteiger partial charge in [0.1, 0.15) is 12.6 Å². The van der Waals surface area contributed by atoms with Crippen molar-refractivity contribution in [2.24, 2.45) is 5.92 Å². The summed E-state index contributed by atoms with van der Waals surface area (Å²) in [5.41, 5.74) is -0.646. The van der Waals surface area contributed by atoms with Gasteiger partial charge in [-0.2, -0.15) is 0 Å². The number of benzene rings is 2. The SMILES string of the molecule is CC(C)C[C@H](NC(=O)Cn1c(=O)[nH]c2ccccc2c1=O)C(=O)N[C@H](C(=O)O)c1ccccc1. The van der Waals surface area contributed by atoms with Crippen LogP contribution in [-0.2, 0) is 20.9 Å². The first-order valence-corrected chi connectivity index (χ1v) is 10.8. The molecule has 10 nitrogen and oxygen atoms in total. The summed E-state index contributed by atoms with van der Waals surface area (Å²) in [6.07, 6.45) is 0.224. The van der Waals surface area contributed by atoms with Crippen molar-refractivity contribution in [3.63, 3.8) is 0 Å². The van der Waals surface area contributed by atoms with Crippen LogP contribution < -0.4 is 21.9 Å². The molecule has 0 saturated carbocycles. The second-order valence-corrected chi connectivity index (χ2v) is 8.31. The molecule has 0 spiro atoms. The van der Waals surface area contributed by atoms with E-state index in [-0.39, 0.29) is 17.7 Å². The van der Waals surface area contributed by atoms with Crippen molar-refractivity contribution in [3.05, 3.63) is 81.0 Å². The molecular weight excluding hydrogens is 440 g/mol. The van der Waals surface area contributed by atoms with Crippen molar-refractivity contribution in [3.8, 4) is 0 Å². The van der Waals surface area contributed by atoms with E-state index >= 15 is 0 Å². The summed E-state index contributed by atoms with van der Waals surface area (Å²) in [7, 11) is 0. The number of carboxylic acid groups (broad SMARTS) is 1. The van der Waals surface area contributed by atoms with Gasteiger partial charge in [0.15, 0.2) is 6.04 Å². The Kier molecular flexibility index (Phi) is 7.62. The number of carbonyl (C=O) groups is 3. The number of carboxylic acids is 1. The monoisotopic (exact) mass is 466 g/mol. The van der Waals surface area contributed by atoms with Crippen molar-refractivity contribution in [1.82, 2.24) is 20.2 Å². The minimum absolute atomic E-state index is 0.0113. The highest BCUT2D eigenvalue weighted by atomic mass is 16.4. The Morgan fingerprint density at radius 2 is 1.62 bits per heavy atom. The predicted molar refractivity (Wildman–Crippen MR) is 125 cm³/mol. The fourth-order valence-corrected chi connectivity index (χ4v) is 3.61. The van der Waals surface area contributed by atoms with Gasteiger partial charge in [-0.1, -0.05) is 56.3 Å². The quantitative estimate of drug-likeness (QED) is 0.372. The van der Waals surface area contributed by atoms with Crippen LogP contribution in [0.2, 0.25) is 0 Å². The number of H-pyrrole nitrogens is 1. The highest BCUT2D eigenvalue weighted by Gasteiger charge is 2.28. The Labute approximate surface area is 194 Å². The van der Waals surface area contributed by atoms with E-state index in [2.05, 4.69) is 15.6 Å². The number of aromatic nitrogens is 2.